The van der Waals surface area contributed by atoms with Gasteiger partial charge in [0, 0.05) is 11.0 Å². The minimum absolute atomic E-state index is 0.0111. The number of carbonyl (C=O) groups excluding carboxylic acids is 2. The van der Waals surface area contributed by atoms with Crippen molar-refractivity contribution in [2.24, 2.45) is 11.8 Å². The van der Waals surface area contributed by atoms with Gasteiger partial charge in [-0.15, -0.1) is 0 Å². The van der Waals surface area contributed by atoms with Crippen LogP contribution in [0.15, 0.2) is 24.3 Å². The van der Waals surface area contributed by atoms with E-state index in [0.717, 1.165) is 37.0 Å². The zero-order valence-electron chi connectivity index (χ0n) is 19.9. The summed E-state index contributed by atoms with van der Waals surface area (Å²) < 4.78 is 10.8. The first-order valence-corrected chi connectivity index (χ1v) is 14.2. The predicted molar refractivity (Wildman–Crippen MR) is 134 cm³/mol. The lowest BCUT2D eigenvalue weighted by molar-refractivity contribution is -0.168. The van der Waals surface area contributed by atoms with E-state index in [2.05, 4.69) is 13.8 Å². The van der Waals surface area contributed by atoms with E-state index < -0.39 is 29.9 Å². The quantitative estimate of drug-likeness (QED) is 0.222. The molecular formula is C25H38O6S2. The van der Waals surface area contributed by atoms with Gasteiger partial charge in [-0.25, -0.2) is 0 Å². The van der Waals surface area contributed by atoms with E-state index in [1.165, 1.54) is 5.56 Å². The molecular weight excluding hydrogens is 460 g/mol. The highest BCUT2D eigenvalue weighted by atomic mass is 33.1. The highest BCUT2D eigenvalue weighted by molar-refractivity contribution is 8.77. The molecule has 1 aromatic rings. The molecule has 33 heavy (non-hydrogen) atoms. The van der Waals surface area contributed by atoms with Gasteiger partial charge in [-0.1, -0.05) is 66.1 Å². The maximum absolute atomic E-state index is 12.9. The summed E-state index contributed by atoms with van der Waals surface area (Å²) >= 11 is 0. The number of hydrogen-bond donors (Lipinski definition) is 2. The third-order valence-electron chi connectivity index (χ3n) is 5.80. The van der Waals surface area contributed by atoms with Gasteiger partial charge in [0.1, 0.15) is 0 Å². The van der Waals surface area contributed by atoms with E-state index >= 15 is 0 Å². The van der Waals surface area contributed by atoms with Crippen LogP contribution in [-0.4, -0.2) is 59.1 Å². The molecule has 4 atom stereocenters. The van der Waals surface area contributed by atoms with E-state index in [-0.39, 0.29) is 19.8 Å². The molecule has 0 aliphatic carbocycles. The van der Waals surface area contributed by atoms with Crippen molar-refractivity contribution in [2.45, 2.75) is 70.1 Å². The lowest BCUT2D eigenvalue weighted by Gasteiger charge is -2.24. The van der Waals surface area contributed by atoms with Crippen LogP contribution in [0.4, 0.5) is 0 Å². The fourth-order valence-corrected chi connectivity index (χ4v) is 6.93. The predicted octanol–water partition coefficient (Wildman–Crippen LogP) is 4.37. The Hall–Kier alpha value is -1.06. The van der Waals surface area contributed by atoms with Gasteiger partial charge in [-0.3, -0.25) is 9.59 Å². The van der Waals surface area contributed by atoms with Gasteiger partial charge in [0.15, 0.2) is 0 Å². The molecule has 8 heteroatoms. The Bertz CT molecular complexity index is 718. The molecule has 0 radical (unpaired) electrons. The van der Waals surface area contributed by atoms with Gasteiger partial charge in [0.05, 0.1) is 37.8 Å². The van der Waals surface area contributed by atoms with Crippen LogP contribution in [0.25, 0.3) is 0 Å². The summed E-state index contributed by atoms with van der Waals surface area (Å²) in [5, 5.41) is 19.4. The number of benzene rings is 1. The van der Waals surface area contributed by atoms with Crippen molar-refractivity contribution in [3.63, 3.8) is 0 Å². The molecule has 1 aliphatic heterocycles. The Morgan fingerprint density at radius 3 is 2.42 bits per heavy atom. The van der Waals surface area contributed by atoms with Crippen LogP contribution in [0.2, 0.25) is 0 Å². The lowest BCUT2D eigenvalue weighted by Crippen LogP contribution is -2.37. The fourth-order valence-electron chi connectivity index (χ4n) is 3.90. The monoisotopic (exact) mass is 498 g/mol. The number of aliphatic hydroxyl groups is 2. The maximum atomic E-state index is 12.9. The van der Waals surface area contributed by atoms with Gasteiger partial charge in [-0.05, 0) is 49.7 Å². The molecule has 6 nitrogen and oxygen atoms in total. The van der Waals surface area contributed by atoms with Gasteiger partial charge < -0.3 is 19.7 Å². The third-order valence-corrected chi connectivity index (χ3v) is 8.81. The fraction of sp³-hybridized carbons (Fsp3) is 0.680. The number of aliphatic hydroxyl groups excluding tert-OH is 2. The van der Waals surface area contributed by atoms with Crippen molar-refractivity contribution in [2.75, 3.05) is 25.6 Å². The SMILES string of the molecule is CC(C)Cc1ccc(C(C)C(=O)OC(=O)C(CCCC2CCSS2)C(CO)OCCO)cc1. The Kier molecular flexibility index (Phi) is 12.8. The number of rotatable bonds is 14. The maximum Gasteiger partial charge on any atom is 0.320 e. The van der Waals surface area contributed by atoms with Crippen molar-refractivity contribution in [3.8, 4) is 0 Å². The average molecular weight is 499 g/mol. The Labute approximate surface area is 205 Å². The molecule has 1 fully saturated rings. The second-order valence-corrected chi connectivity index (χ2v) is 11.8. The standard InChI is InChI=1S/C25H38O6S2/c1-17(2)15-19-7-9-20(10-8-19)18(3)24(28)31-25(29)22(23(16-27)30-13-12-26)6-4-5-21-11-14-32-33-21/h7-10,17-18,21-23,26-27H,4-6,11-16H2,1-3H3. The Morgan fingerprint density at radius 2 is 1.85 bits per heavy atom. The summed E-state index contributed by atoms with van der Waals surface area (Å²) in [4.78, 5) is 25.7. The summed E-state index contributed by atoms with van der Waals surface area (Å²) in [6, 6.07) is 7.83. The van der Waals surface area contributed by atoms with Gasteiger partial charge in [-0.2, -0.15) is 0 Å². The summed E-state index contributed by atoms with van der Waals surface area (Å²) in [7, 11) is 3.75. The van der Waals surface area contributed by atoms with Crippen molar-refractivity contribution < 1.29 is 29.3 Å². The molecule has 0 bridgehead atoms. The Morgan fingerprint density at radius 1 is 1.12 bits per heavy atom. The number of ether oxygens (including phenoxy) is 2. The smallest absolute Gasteiger partial charge is 0.320 e. The number of hydrogen-bond acceptors (Lipinski definition) is 8. The van der Waals surface area contributed by atoms with Crippen LogP contribution < -0.4 is 0 Å². The molecule has 1 aromatic carbocycles. The van der Waals surface area contributed by atoms with Crippen LogP contribution >= 0.6 is 21.6 Å². The van der Waals surface area contributed by atoms with Crippen molar-refractivity contribution in [1.29, 1.82) is 0 Å². The molecule has 1 aliphatic rings. The first-order valence-electron chi connectivity index (χ1n) is 11.8. The summed E-state index contributed by atoms with van der Waals surface area (Å²) in [6.07, 6.45) is 3.51. The van der Waals surface area contributed by atoms with E-state index in [1.807, 2.05) is 45.9 Å². The van der Waals surface area contributed by atoms with Crippen LogP contribution in [0.5, 0.6) is 0 Å². The van der Waals surface area contributed by atoms with Crippen molar-refractivity contribution >= 4 is 33.5 Å². The van der Waals surface area contributed by atoms with Crippen LogP contribution in [-0.2, 0) is 25.5 Å². The molecule has 2 N–H and O–H groups in total. The van der Waals surface area contributed by atoms with Gasteiger partial charge >= 0.3 is 11.9 Å². The normalized spacial score (nSPS) is 18.8. The van der Waals surface area contributed by atoms with Crippen LogP contribution in [0.3, 0.4) is 0 Å². The van der Waals surface area contributed by atoms with Gasteiger partial charge in [0.25, 0.3) is 0 Å². The van der Waals surface area contributed by atoms with Crippen LogP contribution in [0, 0.1) is 11.8 Å². The minimum atomic E-state index is -0.811. The molecule has 1 heterocycles. The van der Waals surface area contributed by atoms with E-state index in [0.29, 0.717) is 17.6 Å². The topological polar surface area (TPSA) is 93.1 Å². The first kappa shape index (κ1) is 28.2. The van der Waals surface area contributed by atoms with E-state index in [9.17, 15) is 14.7 Å². The summed E-state index contributed by atoms with van der Waals surface area (Å²) in [5.41, 5.74) is 2.00. The van der Waals surface area contributed by atoms with E-state index in [4.69, 9.17) is 14.6 Å². The molecule has 0 aromatic heterocycles. The zero-order chi connectivity index (χ0) is 24.2. The van der Waals surface area contributed by atoms with Crippen molar-refractivity contribution in [3.05, 3.63) is 35.4 Å². The molecule has 0 saturated carbocycles. The Balaban J connectivity index is 1.99. The number of carbonyl (C=O) groups is 2. The third kappa shape index (κ3) is 9.61. The average Bonchev–Trinajstić information content (AvgIpc) is 3.31. The van der Waals surface area contributed by atoms with E-state index in [1.54, 1.807) is 6.92 Å². The largest absolute Gasteiger partial charge is 0.394 e. The second-order valence-electron chi connectivity index (χ2n) is 8.98. The molecule has 1 saturated heterocycles. The minimum Gasteiger partial charge on any atom is -0.394 e. The molecule has 2 rings (SSSR count). The zero-order valence-corrected chi connectivity index (χ0v) is 21.5. The molecule has 0 spiro atoms. The lowest BCUT2D eigenvalue weighted by atomic mass is 9.94. The first-order chi connectivity index (χ1) is 15.8. The molecule has 4 unspecified atom stereocenters. The van der Waals surface area contributed by atoms with Gasteiger partial charge in [0.2, 0.25) is 0 Å². The highest BCUT2D eigenvalue weighted by Crippen LogP contribution is 2.40. The summed E-state index contributed by atoms with van der Waals surface area (Å²) in [5.74, 6) is -0.932. The number of esters is 2. The molecule has 0 amide bonds. The second kappa shape index (κ2) is 15.0. The van der Waals surface area contributed by atoms with Crippen LogP contribution in [0.1, 0.15) is 63.5 Å². The molecule has 186 valence electrons. The summed E-state index contributed by atoms with van der Waals surface area (Å²) in [6.45, 7) is 5.46. The van der Waals surface area contributed by atoms with Crippen molar-refractivity contribution in [1.82, 2.24) is 0 Å². The highest BCUT2D eigenvalue weighted by Gasteiger charge is 2.33.